The molecule has 0 amide bonds. The van der Waals surface area contributed by atoms with Crippen LogP contribution in [0.25, 0.3) is 0 Å². The number of allylic oxidation sites excluding steroid dienone is 3. The fraction of sp³-hybridized carbons (Fsp3) is 0.364. The van der Waals surface area contributed by atoms with Crippen LogP contribution in [0.3, 0.4) is 0 Å². The van der Waals surface area contributed by atoms with Gasteiger partial charge in [0.05, 0.1) is 19.3 Å². The molecule has 0 aromatic heterocycles. The fourth-order valence-electron chi connectivity index (χ4n) is 1.12. The highest BCUT2D eigenvalue weighted by molar-refractivity contribution is 5.92. The molecule has 0 fully saturated rings. The lowest BCUT2D eigenvalue weighted by Gasteiger charge is -2.04. The average Bonchev–Trinajstić information content (AvgIpc) is 2.43. The topological polar surface area (TPSA) is 35.5 Å². The molecule has 0 radical (unpaired) electrons. The van der Waals surface area contributed by atoms with Crippen molar-refractivity contribution in [3.63, 3.8) is 0 Å². The first-order valence-electron chi connectivity index (χ1n) is 4.56. The Morgan fingerprint density at radius 1 is 1.57 bits per heavy atom. The van der Waals surface area contributed by atoms with Gasteiger partial charge in [-0.05, 0) is 19.1 Å². The summed E-state index contributed by atoms with van der Waals surface area (Å²) in [4.78, 5) is 11.4. The molecular weight excluding hydrogens is 180 g/mol. The van der Waals surface area contributed by atoms with Crippen molar-refractivity contribution in [3.8, 4) is 0 Å². The van der Waals surface area contributed by atoms with E-state index in [1.54, 1.807) is 26.2 Å². The highest BCUT2D eigenvalue weighted by Gasteiger charge is 2.09. The van der Waals surface area contributed by atoms with Crippen molar-refractivity contribution < 1.29 is 14.3 Å². The maximum atomic E-state index is 11.4. The first-order valence-corrected chi connectivity index (χ1v) is 4.56. The van der Waals surface area contributed by atoms with Gasteiger partial charge >= 0.3 is 5.97 Å². The Kier molecular flexibility index (Phi) is 3.98. The van der Waals surface area contributed by atoms with Crippen molar-refractivity contribution in [1.82, 2.24) is 0 Å². The average molecular weight is 194 g/mol. The van der Waals surface area contributed by atoms with Crippen LogP contribution < -0.4 is 0 Å². The van der Waals surface area contributed by atoms with Gasteiger partial charge in [-0.1, -0.05) is 12.2 Å². The molecule has 0 aromatic rings. The molecule has 0 spiro atoms. The second kappa shape index (κ2) is 5.27. The van der Waals surface area contributed by atoms with Gasteiger partial charge in [-0.15, -0.1) is 0 Å². The Morgan fingerprint density at radius 3 is 3.00 bits per heavy atom. The summed E-state index contributed by atoms with van der Waals surface area (Å²) in [5.74, 6) is 0.451. The zero-order valence-electron chi connectivity index (χ0n) is 8.45. The Bertz CT molecular complexity index is 298. The van der Waals surface area contributed by atoms with E-state index in [1.165, 1.54) is 0 Å². The van der Waals surface area contributed by atoms with Crippen LogP contribution in [0.1, 0.15) is 13.3 Å². The third kappa shape index (κ3) is 2.76. The molecule has 0 N–H and O–H groups in total. The molecule has 0 bridgehead atoms. The van der Waals surface area contributed by atoms with Crippen molar-refractivity contribution >= 4 is 5.97 Å². The summed E-state index contributed by atoms with van der Waals surface area (Å²) in [6.45, 7) is 2.17. The second-order valence-electron chi connectivity index (χ2n) is 2.79. The summed E-state index contributed by atoms with van der Waals surface area (Å²) >= 11 is 0. The molecule has 1 rings (SSSR count). The first kappa shape index (κ1) is 10.6. The summed E-state index contributed by atoms with van der Waals surface area (Å²) in [6, 6.07) is 0. The van der Waals surface area contributed by atoms with E-state index in [-0.39, 0.29) is 5.97 Å². The normalized spacial score (nSPS) is 15.3. The molecular formula is C11H14O3. The molecule has 0 aromatic carbocycles. The van der Waals surface area contributed by atoms with Crippen LogP contribution in [-0.4, -0.2) is 19.7 Å². The van der Waals surface area contributed by atoms with Crippen molar-refractivity contribution in [3.05, 3.63) is 35.6 Å². The molecule has 0 heterocycles. The van der Waals surface area contributed by atoms with Gasteiger partial charge in [-0.2, -0.15) is 0 Å². The minimum absolute atomic E-state index is 0.311. The lowest BCUT2D eigenvalue weighted by atomic mass is 10.2. The summed E-state index contributed by atoms with van der Waals surface area (Å²) < 4.78 is 9.98. The van der Waals surface area contributed by atoms with Crippen molar-refractivity contribution in [2.75, 3.05) is 13.7 Å². The Balaban J connectivity index is 2.80. The van der Waals surface area contributed by atoms with E-state index in [1.807, 2.05) is 12.2 Å². The zero-order chi connectivity index (χ0) is 10.4. The van der Waals surface area contributed by atoms with Crippen LogP contribution >= 0.6 is 0 Å². The van der Waals surface area contributed by atoms with Crippen LogP contribution in [0.2, 0.25) is 0 Å². The van der Waals surface area contributed by atoms with Crippen molar-refractivity contribution in [1.29, 1.82) is 0 Å². The highest BCUT2D eigenvalue weighted by atomic mass is 16.5. The molecule has 76 valence electrons. The van der Waals surface area contributed by atoms with Gasteiger partial charge in [0.1, 0.15) is 5.76 Å². The quantitative estimate of drug-likeness (QED) is 0.644. The summed E-state index contributed by atoms with van der Waals surface area (Å²) in [7, 11) is 1.59. The van der Waals surface area contributed by atoms with E-state index in [4.69, 9.17) is 9.47 Å². The minimum Gasteiger partial charge on any atom is -0.501 e. The standard InChI is InChI=1S/C11H14O3/c1-3-14-11(12)9-6-4-5-7-10(8-9)13-2/h4-6,8H,3,7H2,1-2H3. The molecule has 0 saturated carbocycles. The molecule has 14 heavy (non-hydrogen) atoms. The largest absolute Gasteiger partial charge is 0.501 e. The number of hydrogen-bond acceptors (Lipinski definition) is 3. The van der Waals surface area contributed by atoms with E-state index in [9.17, 15) is 4.79 Å². The Morgan fingerprint density at radius 2 is 2.36 bits per heavy atom. The lowest BCUT2D eigenvalue weighted by Crippen LogP contribution is -2.06. The van der Waals surface area contributed by atoms with Gasteiger partial charge in [0.2, 0.25) is 0 Å². The molecule has 3 heteroatoms. The molecule has 0 atom stereocenters. The fourth-order valence-corrected chi connectivity index (χ4v) is 1.12. The molecule has 1 aliphatic rings. The number of methoxy groups -OCH3 is 1. The van der Waals surface area contributed by atoms with Crippen LogP contribution in [0.4, 0.5) is 0 Å². The van der Waals surface area contributed by atoms with Crippen LogP contribution in [-0.2, 0) is 14.3 Å². The third-order valence-electron chi connectivity index (χ3n) is 1.82. The maximum Gasteiger partial charge on any atom is 0.338 e. The van der Waals surface area contributed by atoms with Crippen LogP contribution in [0.15, 0.2) is 35.6 Å². The van der Waals surface area contributed by atoms with Crippen LogP contribution in [0, 0.1) is 0 Å². The van der Waals surface area contributed by atoms with Crippen LogP contribution in [0.5, 0.6) is 0 Å². The lowest BCUT2D eigenvalue weighted by molar-refractivity contribution is -0.138. The maximum absolute atomic E-state index is 11.4. The van der Waals surface area contributed by atoms with Gasteiger partial charge in [0, 0.05) is 6.42 Å². The van der Waals surface area contributed by atoms with Gasteiger partial charge < -0.3 is 9.47 Å². The molecule has 0 saturated heterocycles. The molecule has 0 unspecified atom stereocenters. The van der Waals surface area contributed by atoms with Crippen molar-refractivity contribution in [2.45, 2.75) is 13.3 Å². The van der Waals surface area contributed by atoms with Gasteiger partial charge in [0.15, 0.2) is 0 Å². The minimum atomic E-state index is -0.311. The third-order valence-corrected chi connectivity index (χ3v) is 1.82. The number of ether oxygens (including phenoxy) is 2. The predicted molar refractivity (Wildman–Crippen MR) is 53.6 cm³/mol. The predicted octanol–water partition coefficient (Wildman–Crippen LogP) is 1.97. The van der Waals surface area contributed by atoms with Gasteiger partial charge in [0.25, 0.3) is 0 Å². The molecule has 1 aliphatic carbocycles. The SMILES string of the molecule is CCOC(=O)C1=CC=CCC(OC)=C1. The molecule has 3 nitrogen and oxygen atoms in total. The highest BCUT2D eigenvalue weighted by Crippen LogP contribution is 2.13. The number of hydrogen-bond donors (Lipinski definition) is 0. The number of esters is 1. The van der Waals surface area contributed by atoms with Gasteiger partial charge in [-0.25, -0.2) is 4.79 Å². The Labute approximate surface area is 83.7 Å². The summed E-state index contributed by atoms with van der Waals surface area (Å²) in [5.41, 5.74) is 0.525. The zero-order valence-corrected chi connectivity index (χ0v) is 8.45. The summed E-state index contributed by atoms with van der Waals surface area (Å²) in [6.07, 6.45) is 7.90. The first-order chi connectivity index (χ1) is 6.77. The number of carbonyl (C=O) groups is 1. The number of carbonyl (C=O) groups excluding carboxylic acids is 1. The van der Waals surface area contributed by atoms with E-state index < -0.39 is 0 Å². The molecule has 0 aliphatic heterocycles. The van der Waals surface area contributed by atoms with Crippen molar-refractivity contribution in [2.24, 2.45) is 0 Å². The van der Waals surface area contributed by atoms with E-state index in [0.717, 1.165) is 5.76 Å². The van der Waals surface area contributed by atoms with Gasteiger partial charge in [-0.3, -0.25) is 0 Å². The summed E-state index contributed by atoms with van der Waals surface area (Å²) in [5, 5.41) is 0. The number of rotatable bonds is 3. The van der Waals surface area contributed by atoms with E-state index >= 15 is 0 Å². The van der Waals surface area contributed by atoms with E-state index in [0.29, 0.717) is 18.6 Å². The monoisotopic (exact) mass is 194 g/mol. The Hall–Kier alpha value is -1.51. The smallest absolute Gasteiger partial charge is 0.338 e. The van der Waals surface area contributed by atoms with E-state index in [2.05, 4.69) is 0 Å². The second-order valence-corrected chi connectivity index (χ2v) is 2.79.